The molecule has 8 heteroatoms. The third-order valence-electron chi connectivity index (χ3n) is 4.02. The van der Waals surface area contributed by atoms with Gasteiger partial charge in [0.1, 0.15) is 0 Å². The van der Waals surface area contributed by atoms with Crippen LogP contribution in [-0.4, -0.2) is 36.8 Å². The van der Waals surface area contributed by atoms with E-state index in [0.29, 0.717) is 0 Å². The SMILES string of the molecule is CCN1CC(OCC=C(C)C)(C(F)(F)F)c2cc(Cl)ccc2NC1=O. The minimum Gasteiger partial charge on any atom is -0.355 e. The van der Waals surface area contributed by atoms with Crippen LogP contribution in [0.2, 0.25) is 5.02 Å². The summed E-state index contributed by atoms with van der Waals surface area (Å²) < 4.78 is 48.0. The number of allylic oxidation sites excluding steroid dienone is 1. The summed E-state index contributed by atoms with van der Waals surface area (Å²) in [5, 5.41) is 2.65. The fraction of sp³-hybridized carbons (Fsp3) is 0.471. The number of nitrogens with zero attached hydrogens (tertiary/aromatic N) is 1. The summed E-state index contributed by atoms with van der Waals surface area (Å²) in [6.07, 6.45) is -3.18. The monoisotopic (exact) mass is 376 g/mol. The Bertz CT molecular complexity index is 687. The van der Waals surface area contributed by atoms with Crippen molar-refractivity contribution in [2.24, 2.45) is 0 Å². The normalized spacial score (nSPS) is 20.6. The summed E-state index contributed by atoms with van der Waals surface area (Å²) in [5.41, 5.74) is -1.99. The smallest absolute Gasteiger partial charge is 0.355 e. The van der Waals surface area contributed by atoms with Crippen LogP contribution in [0.3, 0.4) is 0 Å². The zero-order valence-electron chi connectivity index (χ0n) is 14.2. The highest BCUT2D eigenvalue weighted by atomic mass is 35.5. The van der Waals surface area contributed by atoms with Crippen molar-refractivity contribution in [2.45, 2.75) is 32.5 Å². The molecule has 2 rings (SSSR count). The van der Waals surface area contributed by atoms with Crippen molar-refractivity contribution < 1.29 is 22.7 Å². The fourth-order valence-electron chi connectivity index (χ4n) is 2.63. The van der Waals surface area contributed by atoms with Crippen LogP contribution >= 0.6 is 11.6 Å². The Morgan fingerprint density at radius 2 is 2.12 bits per heavy atom. The molecule has 0 fully saturated rings. The minimum atomic E-state index is -4.75. The second-order valence-corrected chi connectivity index (χ2v) is 6.49. The molecule has 25 heavy (non-hydrogen) atoms. The van der Waals surface area contributed by atoms with Gasteiger partial charge in [0.2, 0.25) is 5.60 Å². The summed E-state index contributed by atoms with van der Waals surface area (Å²) in [4.78, 5) is 13.3. The molecule has 0 aliphatic carbocycles. The number of anilines is 1. The van der Waals surface area contributed by atoms with E-state index in [2.05, 4.69) is 5.32 Å². The van der Waals surface area contributed by atoms with E-state index in [1.807, 2.05) is 0 Å². The first kappa shape index (κ1) is 19.6. The summed E-state index contributed by atoms with van der Waals surface area (Å²) in [5.74, 6) is 0. The number of benzene rings is 1. The van der Waals surface area contributed by atoms with E-state index in [1.54, 1.807) is 26.8 Å². The number of alkyl halides is 3. The number of amides is 2. The molecule has 1 unspecified atom stereocenters. The molecular formula is C17H20ClF3N2O2. The van der Waals surface area contributed by atoms with Gasteiger partial charge in [-0.15, -0.1) is 0 Å². The summed E-state index contributed by atoms with van der Waals surface area (Å²) in [6.45, 7) is 4.37. The Kier molecular flexibility index (Phi) is 5.68. The molecule has 0 radical (unpaired) electrons. The molecule has 1 heterocycles. The van der Waals surface area contributed by atoms with E-state index >= 15 is 0 Å². The van der Waals surface area contributed by atoms with E-state index < -0.39 is 24.4 Å². The Balaban J connectivity index is 2.65. The van der Waals surface area contributed by atoms with Crippen molar-refractivity contribution in [3.8, 4) is 0 Å². The number of hydrogen-bond acceptors (Lipinski definition) is 2. The van der Waals surface area contributed by atoms with Gasteiger partial charge in [0, 0.05) is 22.8 Å². The number of carbonyl (C=O) groups is 1. The quantitative estimate of drug-likeness (QED) is 0.755. The maximum Gasteiger partial charge on any atom is 0.423 e. The van der Waals surface area contributed by atoms with Crippen molar-refractivity contribution in [2.75, 3.05) is 25.0 Å². The number of likely N-dealkylation sites (N-methyl/N-ethyl adjacent to an activating group) is 1. The third kappa shape index (κ3) is 3.93. The van der Waals surface area contributed by atoms with E-state index in [4.69, 9.17) is 16.3 Å². The van der Waals surface area contributed by atoms with E-state index in [1.165, 1.54) is 18.2 Å². The zero-order valence-corrected chi connectivity index (χ0v) is 15.0. The highest BCUT2D eigenvalue weighted by Crippen LogP contribution is 2.47. The Hall–Kier alpha value is -1.73. The van der Waals surface area contributed by atoms with Crippen LogP contribution in [0.15, 0.2) is 29.8 Å². The fourth-order valence-corrected chi connectivity index (χ4v) is 2.81. The number of rotatable bonds is 4. The summed E-state index contributed by atoms with van der Waals surface area (Å²) in [7, 11) is 0. The van der Waals surface area contributed by atoms with E-state index in [-0.39, 0.29) is 29.4 Å². The molecule has 1 aliphatic rings. The molecule has 0 saturated heterocycles. The average molecular weight is 377 g/mol. The predicted molar refractivity (Wildman–Crippen MR) is 90.8 cm³/mol. The second-order valence-electron chi connectivity index (χ2n) is 6.05. The Morgan fingerprint density at radius 1 is 1.44 bits per heavy atom. The minimum absolute atomic E-state index is 0.0416. The van der Waals surface area contributed by atoms with Crippen molar-refractivity contribution >= 4 is 23.3 Å². The first-order valence-corrected chi connectivity index (χ1v) is 8.18. The van der Waals surface area contributed by atoms with Gasteiger partial charge < -0.3 is 15.0 Å². The number of hydrogen-bond donors (Lipinski definition) is 1. The maximum absolute atomic E-state index is 14.2. The molecule has 0 aromatic heterocycles. The van der Waals surface area contributed by atoms with Crippen molar-refractivity contribution in [1.82, 2.24) is 4.90 Å². The van der Waals surface area contributed by atoms with Gasteiger partial charge in [-0.25, -0.2) is 4.79 Å². The third-order valence-corrected chi connectivity index (χ3v) is 4.26. The van der Waals surface area contributed by atoms with Gasteiger partial charge in [-0.05, 0) is 39.0 Å². The summed E-state index contributed by atoms with van der Waals surface area (Å²) >= 11 is 5.94. The predicted octanol–water partition coefficient (Wildman–Crippen LogP) is 4.95. The van der Waals surface area contributed by atoms with Gasteiger partial charge >= 0.3 is 12.2 Å². The number of urea groups is 1. The molecule has 0 bridgehead atoms. The zero-order chi connectivity index (χ0) is 18.8. The number of ether oxygens (including phenoxy) is 1. The molecule has 0 saturated carbocycles. The number of carbonyl (C=O) groups excluding carboxylic acids is 1. The molecule has 1 aromatic rings. The van der Waals surface area contributed by atoms with Gasteiger partial charge in [0.05, 0.1) is 13.2 Å². The van der Waals surface area contributed by atoms with Gasteiger partial charge in [-0.1, -0.05) is 23.3 Å². The lowest BCUT2D eigenvalue weighted by atomic mass is 9.90. The van der Waals surface area contributed by atoms with Crippen molar-refractivity contribution in [3.63, 3.8) is 0 Å². The lowest BCUT2D eigenvalue weighted by Gasteiger charge is -2.37. The maximum atomic E-state index is 14.2. The van der Waals surface area contributed by atoms with Crippen LogP contribution in [0.25, 0.3) is 0 Å². The molecular weight excluding hydrogens is 357 g/mol. The summed E-state index contributed by atoms with van der Waals surface area (Å²) in [6, 6.07) is 3.38. The Labute approximate surface area is 149 Å². The largest absolute Gasteiger partial charge is 0.423 e. The second kappa shape index (κ2) is 7.25. The van der Waals surface area contributed by atoms with E-state index in [0.717, 1.165) is 10.5 Å². The van der Waals surface area contributed by atoms with Crippen molar-refractivity contribution in [3.05, 3.63) is 40.4 Å². The Morgan fingerprint density at radius 3 is 2.68 bits per heavy atom. The van der Waals surface area contributed by atoms with Gasteiger partial charge in [0.15, 0.2) is 0 Å². The molecule has 1 atom stereocenters. The number of halogens is 4. The lowest BCUT2D eigenvalue weighted by molar-refractivity contribution is -0.284. The van der Waals surface area contributed by atoms with E-state index in [9.17, 15) is 18.0 Å². The van der Waals surface area contributed by atoms with Crippen LogP contribution < -0.4 is 5.32 Å². The lowest BCUT2D eigenvalue weighted by Crippen LogP contribution is -2.53. The van der Waals surface area contributed by atoms with Gasteiger partial charge in [0.25, 0.3) is 0 Å². The van der Waals surface area contributed by atoms with Gasteiger partial charge in [-0.2, -0.15) is 13.2 Å². The van der Waals surface area contributed by atoms with Crippen LogP contribution in [0, 0.1) is 0 Å². The molecule has 138 valence electrons. The first-order valence-electron chi connectivity index (χ1n) is 7.80. The van der Waals surface area contributed by atoms with Crippen molar-refractivity contribution in [1.29, 1.82) is 0 Å². The first-order chi connectivity index (χ1) is 11.6. The number of nitrogens with one attached hydrogen (secondary N) is 1. The average Bonchev–Trinajstić information content (AvgIpc) is 2.62. The highest BCUT2D eigenvalue weighted by molar-refractivity contribution is 6.30. The van der Waals surface area contributed by atoms with Crippen LogP contribution in [0.1, 0.15) is 26.3 Å². The molecule has 2 amide bonds. The number of fused-ring (bicyclic) bond motifs is 1. The molecule has 1 N–H and O–H groups in total. The molecule has 4 nitrogen and oxygen atoms in total. The molecule has 1 aliphatic heterocycles. The standard InChI is InChI=1S/C17H20ClF3N2O2/c1-4-23-10-16(17(19,20)21,25-8-7-11(2)3)13-9-12(18)5-6-14(13)22-15(23)24/h5-7,9H,4,8,10H2,1-3H3,(H,22,24). The molecule has 0 spiro atoms. The van der Waals surface area contributed by atoms with Crippen LogP contribution in [0.5, 0.6) is 0 Å². The van der Waals surface area contributed by atoms with Gasteiger partial charge in [-0.3, -0.25) is 0 Å². The van der Waals surface area contributed by atoms with Crippen LogP contribution in [0.4, 0.5) is 23.7 Å². The molecule has 1 aromatic carbocycles. The highest BCUT2D eigenvalue weighted by Gasteiger charge is 2.60. The topological polar surface area (TPSA) is 41.6 Å². The van der Waals surface area contributed by atoms with Crippen LogP contribution in [-0.2, 0) is 10.3 Å².